The highest BCUT2D eigenvalue weighted by Gasteiger charge is 2.24. The summed E-state index contributed by atoms with van der Waals surface area (Å²) in [6, 6.07) is 6.98. The molecule has 3 rings (SSSR count). The van der Waals surface area contributed by atoms with E-state index in [9.17, 15) is 0 Å². The molecule has 0 saturated heterocycles. The molecule has 1 atom stereocenters. The summed E-state index contributed by atoms with van der Waals surface area (Å²) in [7, 11) is 0. The van der Waals surface area contributed by atoms with Crippen LogP contribution in [0.2, 0.25) is 5.02 Å². The molecule has 0 amide bonds. The maximum absolute atomic E-state index is 6.15. The normalized spacial score (nSPS) is 23.7. The first-order valence-corrected chi connectivity index (χ1v) is 6.45. The third-order valence-electron chi connectivity index (χ3n) is 3.45. The first kappa shape index (κ1) is 10.4. The fourth-order valence-corrected chi connectivity index (χ4v) is 2.59. The van der Waals surface area contributed by atoms with Gasteiger partial charge in [-0.3, -0.25) is 0 Å². The summed E-state index contributed by atoms with van der Waals surface area (Å²) in [5.41, 5.74) is 2.51. The van der Waals surface area contributed by atoms with Crippen molar-refractivity contribution in [3.05, 3.63) is 28.8 Å². The van der Waals surface area contributed by atoms with Crippen LogP contribution in [0.15, 0.2) is 18.2 Å². The van der Waals surface area contributed by atoms with E-state index in [1.54, 1.807) is 0 Å². The molecule has 2 N–H and O–H groups in total. The zero-order valence-electron chi connectivity index (χ0n) is 9.30. The molecule has 1 unspecified atom stereocenters. The van der Waals surface area contributed by atoms with Crippen LogP contribution in [0, 0.1) is 5.92 Å². The van der Waals surface area contributed by atoms with Crippen LogP contribution in [0.4, 0.5) is 5.69 Å². The Labute approximate surface area is 101 Å². The van der Waals surface area contributed by atoms with Crippen LogP contribution in [-0.2, 0) is 6.42 Å². The van der Waals surface area contributed by atoms with Gasteiger partial charge in [0.05, 0.1) is 10.7 Å². The Morgan fingerprint density at radius 3 is 3.06 bits per heavy atom. The second-order valence-electron chi connectivity index (χ2n) is 4.91. The summed E-state index contributed by atoms with van der Waals surface area (Å²) < 4.78 is 0. The minimum atomic E-state index is 0.701. The van der Waals surface area contributed by atoms with E-state index >= 15 is 0 Å². The number of benzene rings is 1. The van der Waals surface area contributed by atoms with Crippen LogP contribution < -0.4 is 10.6 Å². The Bertz CT molecular complexity index is 388. The van der Waals surface area contributed by atoms with Gasteiger partial charge in [-0.15, -0.1) is 0 Å². The fraction of sp³-hybridized carbons (Fsp3) is 0.538. The van der Waals surface area contributed by atoms with E-state index in [-0.39, 0.29) is 0 Å². The lowest BCUT2D eigenvalue weighted by Crippen LogP contribution is -2.33. The number of fused-ring (bicyclic) bond motifs is 1. The highest BCUT2D eigenvalue weighted by atomic mass is 35.5. The molecule has 2 nitrogen and oxygen atoms in total. The van der Waals surface area contributed by atoms with Crippen LogP contribution in [0.3, 0.4) is 0 Å². The van der Waals surface area contributed by atoms with E-state index in [4.69, 9.17) is 11.6 Å². The zero-order valence-corrected chi connectivity index (χ0v) is 10.1. The van der Waals surface area contributed by atoms with Gasteiger partial charge in [-0.05, 0) is 36.8 Å². The summed E-state index contributed by atoms with van der Waals surface area (Å²) in [5.74, 6) is 0.701. The first-order chi connectivity index (χ1) is 7.83. The highest BCUT2D eigenvalue weighted by Crippen LogP contribution is 2.31. The topological polar surface area (TPSA) is 24.1 Å². The van der Waals surface area contributed by atoms with Gasteiger partial charge in [0.25, 0.3) is 0 Å². The van der Waals surface area contributed by atoms with Crippen molar-refractivity contribution in [2.75, 3.05) is 18.4 Å². The Hall–Kier alpha value is -0.730. The van der Waals surface area contributed by atoms with Crippen molar-refractivity contribution in [3.63, 3.8) is 0 Å². The summed E-state index contributed by atoms with van der Waals surface area (Å²) in [6.07, 6.45) is 3.87. The summed E-state index contributed by atoms with van der Waals surface area (Å²) >= 11 is 6.15. The monoisotopic (exact) mass is 236 g/mol. The van der Waals surface area contributed by atoms with Crippen molar-refractivity contribution in [2.45, 2.75) is 25.3 Å². The highest BCUT2D eigenvalue weighted by molar-refractivity contribution is 6.33. The van der Waals surface area contributed by atoms with E-state index in [1.165, 1.54) is 18.4 Å². The van der Waals surface area contributed by atoms with Crippen molar-refractivity contribution in [3.8, 4) is 0 Å². The number of rotatable bonds is 3. The molecule has 1 aromatic carbocycles. The zero-order chi connectivity index (χ0) is 11.0. The lowest BCUT2D eigenvalue weighted by atomic mass is 9.94. The van der Waals surface area contributed by atoms with Crippen LogP contribution in [-0.4, -0.2) is 19.1 Å². The minimum Gasteiger partial charge on any atom is -0.383 e. The van der Waals surface area contributed by atoms with Crippen molar-refractivity contribution in [1.29, 1.82) is 0 Å². The number of nitrogens with one attached hydrogen (secondary N) is 2. The van der Waals surface area contributed by atoms with E-state index < -0.39 is 0 Å². The fourth-order valence-electron chi connectivity index (χ4n) is 2.33. The molecule has 0 bridgehead atoms. The average molecular weight is 237 g/mol. The molecular formula is C13H17ClN2. The molecule has 86 valence electrons. The lowest BCUT2D eigenvalue weighted by molar-refractivity contribution is 0.482. The Kier molecular flexibility index (Phi) is 2.78. The van der Waals surface area contributed by atoms with Gasteiger partial charge in [-0.1, -0.05) is 23.7 Å². The van der Waals surface area contributed by atoms with E-state index in [2.05, 4.69) is 16.7 Å². The maximum Gasteiger partial charge on any atom is 0.0640 e. The van der Waals surface area contributed by atoms with Gasteiger partial charge in [0.1, 0.15) is 0 Å². The molecular weight excluding hydrogens is 220 g/mol. The third kappa shape index (κ3) is 2.18. The maximum atomic E-state index is 6.15. The summed E-state index contributed by atoms with van der Waals surface area (Å²) in [5, 5.41) is 7.90. The Balaban J connectivity index is 1.65. The van der Waals surface area contributed by atoms with E-state index in [1.807, 2.05) is 12.1 Å². The quantitative estimate of drug-likeness (QED) is 0.843. The number of para-hydroxylation sites is 1. The van der Waals surface area contributed by atoms with Gasteiger partial charge < -0.3 is 10.6 Å². The van der Waals surface area contributed by atoms with Gasteiger partial charge in [0.15, 0.2) is 0 Å². The smallest absolute Gasteiger partial charge is 0.0640 e. The Morgan fingerprint density at radius 2 is 2.25 bits per heavy atom. The number of hydrogen-bond acceptors (Lipinski definition) is 2. The van der Waals surface area contributed by atoms with Crippen molar-refractivity contribution in [2.24, 2.45) is 5.92 Å². The van der Waals surface area contributed by atoms with Crippen molar-refractivity contribution < 1.29 is 0 Å². The van der Waals surface area contributed by atoms with Crippen LogP contribution in [0.1, 0.15) is 18.4 Å². The first-order valence-electron chi connectivity index (χ1n) is 6.07. The minimum absolute atomic E-state index is 0.701. The molecule has 1 aliphatic heterocycles. The van der Waals surface area contributed by atoms with Gasteiger partial charge in [-0.25, -0.2) is 0 Å². The second kappa shape index (κ2) is 4.27. The molecule has 1 fully saturated rings. The predicted molar refractivity (Wildman–Crippen MR) is 68.2 cm³/mol. The molecule has 0 radical (unpaired) electrons. The molecule has 1 aromatic rings. The molecule has 1 heterocycles. The Morgan fingerprint density at radius 1 is 1.38 bits per heavy atom. The largest absolute Gasteiger partial charge is 0.383 e. The van der Waals surface area contributed by atoms with Gasteiger partial charge in [0.2, 0.25) is 0 Å². The molecule has 1 aliphatic carbocycles. The molecule has 0 spiro atoms. The van der Waals surface area contributed by atoms with Gasteiger partial charge >= 0.3 is 0 Å². The van der Waals surface area contributed by atoms with Gasteiger partial charge in [-0.2, -0.15) is 0 Å². The average Bonchev–Trinajstić information content (AvgIpc) is 3.10. The van der Waals surface area contributed by atoms with Crippen LogP contribution >= 0.6 is 11.6 Å². The molecule has 16 heavy (non-hydrogen) atoms. The number of halogens is 1. The predicted octanol–water partition coefficient (Wildman–Crippen LogP) is 2.68. The number of hydrogen-bond donors (Lipinski definition) is 2. The van der Waals surface area contributed by atoms with E-state index in [0.717, 1.165) is 36.3 Å². The standard InChI is InChI=1S/C13H17ClN2/c14-12-3-1-2-10-6-9(8-16-13(10)12)7-15-11-4-5-11/h1-3,9,11,15-16H,4-8H2. The summed E-state index contributed by atoms with van der Waals surface area (Å²) in [4.78, 5) is 0. The molecule has 3 heteroatoms. The van der Waals surface area contributed by atoms with Crippen molar-refractivity contribution >= 4 is 17.3 Å². The second-order valence-corrected chi connectivity index (χ2v) is 5.31. The van der Waals surface area contributed by atoms with Gasteiger partial charge in [0, 0.05) is 19.1 Å². The van der Waals surface area contributed by atoms with Crippen LogP contribution in [0.25, 0.3) is 0 Å². The molecule has 2 aliphatic rings. The molecule has 1 saturated carbocycles. The number of anilines is 1. The molecule has 0 aromatic heterocycles. The SMILES string of the molecule is Clc1cccc2c1NCC(CNC1CC1)C2. The summed E-state index contributed by atoms with van der Waals surface area (Å²) in [6.45, 7) is 2.17. The van der Waals surface area contributed by atoms with Crippen LogP contribution in [0.5, 0.6) is 0 Å². The van der Waals surface area contributed by atoms with E-state index in [0.29, 0.717) is 5.92 Å². The third-order valence-corrected chi connectivity index (χ3v) is 3.76. The van der Waals surface area contributed by atoms with Crippen molar-refractivity contribution in [1.82, 2.24) is 5.32 Å². The lowest BCUT2D eigenvalue weighted by Gasteiger charge is -2.27.